The highest BCUT2D eigenvalue weighted by Crippen LogP contribution is 2.44. The lowest BCUT2D eigenvalue weighted by molar-refractivity contribution is 0.312. The lowest BCUT2D eigenvalue weighted by Crippen LogP contribution is -2.44. The molecule has 1 fully saturated rings. The number of likely N-dealkylation sites (N-methyl/N-ethyl adjacent to an activating group) is 1. The standard InChI is InChI=1S/C36H30FN5O/c1-41-20-22-42(23-21-41)35-32-31(25-12-16-29(37)17-13-25)34(43-36(32)39-24-38-35)28-14-18-30(19-15-28)40-33(26-8-4-2-5-9-26)27-10-6-3-7-11-27/h2-19,24H,20-23H2,1H3. The van der Waals surface area contributed by atoms with Gasteiger partial charge in [-0.05, 0) is 49.0 Å². The lowest BCUT2D eigenvalue weighted by Gasteiger charge is -2.33. The van der Waals surface area contributed by atoms with Crippen molar-refractivity contribution >= 4 is 28.3 Å². The Balaban J connectivity index is 1.34. The summed E-state index contributed by atoms with van der Waals surface area (Å²) in [6.07, 6.45) is 1.56. The Morgan fingerprint density at radius 3 is 1.95 bits per heavy atom. The van der Waals surface area contributed by atoms with E-state index in [-0.39, 0.29) is 5.82 Å². The number of fused-ring (bicyclic) bond motifs is 1. The monoisotopic (exact) mass is 567 g/mol. The molecule has 212 valence electrons. The van der Waals surface area contributed by atoms with Crippen LogP contribution in [0.5, 0.6) is 0 Å². The van der Waals surface area contributed by atoms with Crippen LogP contribution in [0.3, 0.4) is 0 Å². The molecule has 1 aliphatic heterocycles. The number of rotatable bonds is 6. The van der Waals surface area contributed by atoms with Crippen LogP contribution in [0.1, 0.15) is 11.1 Å². The van der Waals surface area contributed by atoms with Gasteiger partial charge >= 0.3 is 0 Å². The van der Waals surface area contributed by atoms with Gasteiger partial charge in [0.15, 0.2) is 0 Å². The van der Waals surface area contributed by atoms with Crippen LogP contribution in [0.25, 0.3) is 33.6 Å². The summed E-state index contributed by atoms with van der Waals surface area (Å²) in [5.41, 5.74) is 6.90. The summed E-state index contributed by atoms with van der Waals surface area (Å²) in [5, 5.41) is 0.839. The summed E-state index contributed by atoms with van der Waals surface area (Å²) < 4.78 is 20.5. The molecule has 2 aromatic heterocycles. The Morgan fingerprint density at radius 2 is 1.33 bits per heavy atom. The molecule has 0 N–H and O–H groups in total. The highest BCUT2D eigenvalue weighted by atomic mass is 19.1. The van der Waals surface area contributed by atoms with Crippen molar-refractivity contribution in [1.82, 2.24) is 14.9 Å². The smallest absolute Gasteiger partial charge is 0.232 e. The van der Waals surface area contributed by atoms with Crippen molar-refractivity contribution in [3.05, 3.63) is 132 Å². The van der Waals surface area contributed by atoms with E-state index in [0.717, 1.165) is 76.6 Å². The van der Waals surface area contributed by atoms with Gasteiger partial charge in [-0.1, -0.05) is 72.8 Å². The van der Waals surface area contributed by atoms with Crippen LogP contribution in [0.4, 0.5) is 15.9 Å². The lowest BCUT2D eigenvalue weighted by atomic mass is 9.98. The summed E-state index contributed by atoms with van der Waals surface area (Å²) in [5.74, 6) is 1.21. The molecule has 0 aliphatic carbocycles. The SMILES string of the molecule is CN1CCN(c2ncnc3oc(-c4ccc(N=C(c5ccccc5)c5ccccc5)cc4)c(-c4ccc(F)cc4)c23)CC1. The molecule has 0 spiro atoms. The molecular weight excluding hydrogens is 537 g/mol. The molecule has 3 heterocycles. The first-order valence-electron chi connectivity index (χ1n) is 14.4. The Labute approximate surface area is 249 Å². The first-order chi connectivity index (χ1) is 21.1. The van der Waals surface area contributed by atoms with Crippen molar-refractivity contribution < 1.29 is 8.81 Å². The molecule has 7 rings (SSSR count). The minimum atomic E-state index is -0.288. The molecule has 0 bridgehead atoms. The van der Waals surface area contributed by atoms with Crippen LogP contribution in [0, 0.1) is 5.82 Å². The van der Waals surface area contributed by atoms with Crippen LogP contribution in [-0.2, 0) is 0 Å². The fraction of sp³-hybridized carbons (Fsp3) is 0.139. The van der Waals surface area contributed by atoms with Crippen molar-refractivity contribution in [2.75, 3.05) is 38.1 Å². The van der Waals surface area contributed by atoms with Gasteiger partial charge in [0.2, 0.25) is 5.71 Å². The van der Waals surface area contributed by atoms with Crippen LogP contribution in [0.2, 0.25) is 0 Å². The molecule has 0 atom stereocenters. The Morgan fingerprint density at radius 1 is 0.721 bits per heavy atom. The van der Waals surface area contributed by atoms with E-state index in [1.165, 1.54) is 12.1 Å². The topological polar surface area (TPSA) is 57.8 Å². The van der Waals surface area contributed by atoms with E-state index in [9.17, 15) is 4.39 Å². The zero-order valence-electron chi connectivity index (χ0n) is 23.8. The minimum Gasteiger partial charge on any atom is -0.437 e. The van der Waals surface area contributed by atoms with Crippen molar-refractivity contribution in [3.63, 3.8) is 0 Å². The van der Waals surface area contributed by atoms with Gasteiger partial charge in [0.05, 0.1) is 16.8 Å². The van der Waals surface area contributed by atoms with Gasteiger partial charge < -0.3 is 14.2 Å². The van der Waals surface area contributed by atoms with E-state index in [4.69, 9.17) is 14.4 Å². The Kier molecular flexibility index (Phi) is 7.23. The number of furan rings is 1. The van der Waals surface area contributed by atoms with Gasteiger partial charge in [0, 0.05) is 48.4 Å². The average molecular weight is 568 g/mol. The molecule has 7 heteroatoms. The van der Waals surface area contributed by atoms with Crippen molar-refractivity contribution in [2.45, 2.75) is 0 Å². The summed E-state index contributed by atoms with van der Waals surface area (Å²) in [6.45, 7) is 3.59. The number of anilines is 1. The first-order valence-corrected chi connectivity index (χ1v) is 14.4. The third kappa shape index (κ3) is 5.43. The highest BCUT2D eigenvalue weighted by molar-refractivity contribution is 6.14. The molecule has 43 heavy (non-hydrogen) atoms. The van der Waals surface area contributed by atoms with Crippen LogP contribution >= 0.6 is 0 Å². The summed E-state index contributed by atoms with van der Waals surface area (Å²) in [6, 6.07) is 34.9. The van der Waals surface area contributed by atoms with E-state index < -0.39 is 0 Å². The Bertz CT molecular complexity index is 1840. The largest absolute Gasteiger partial charge is 0.437 e. The van der Waals surface area contributed by atoms with Gasteiger partial charge in [-0.15, -0.1) is 0 Å². The van der Waals surface area contributed by atoms with E-state index in [0.29, 0.717) is 11.5 Å². The fourth-order valence-electron chi connectivity index (χ4n) is 5.58. The second-order valence-corrected chi connectivity index (χ2v) is 10.7. The van der Waals surface area contributed by atoms with Crippen LogP contribution < -0.4 is 4.90 Å². The molecule has 0 unspecified atom stereocenters. The number of aliphatic imine (C=N–C) groups is 1. The van der Waals surface area contributed by atoms with E-state index >= 15 is 0 Å². The van der Waals surface area contributed by atoms with E-state index in [2.05, 4.69) is 46.1 Å². The summed E-state index contributed by atoms with van der Waals surface area (Å²) in [4.78, 5) is 18.9. The van der Waals surface area contributed by atoms with Gasteiger partial charge in [-0.3, -0.25) is 0 Å². The third-order valence-electron chi connectivity index (χ3n) is 7.87. The molecule has 1 aliphatic rings. The highest BCUT2D eigenvalue weighted by Gasteiger charge is 2.26. The second-order valence-electron chi connectivity index (χ2n) is 10.7. The number of nitrogens with zero attached hydrogens (tertiary/aromatic N) is 5. The summed E-state index contributed by atoms with van der Waals surface area (Å²) in [7, 11) is 2.13. The quantitative estimate of drug-likeness (QED) is 0.194. The number of hydrogen-bond donors (Lipinski definition) is 0. The molecule has 1 saturated heterocycles. The number of benzene rings is 4. The van der Waals surface area contributed by atoms with Crippen molar-refractivity contribution in [1.29, 1.82) is 0 Å². The maximum Gasteiger partial charge on any atom is 0.232 e. The molecule has 0 saturated carbocycles. The maximum atomic E-state index is 14.0. The molecule has 0 amide bonds. The number of hydrogen-bond acceptors (Lipinski definition) is 6. The predicted octanol–water partition coefficient (Wildman–Crippen LogP) is 7.62. The van der Waals surface area contributed by atoms with Crippen LogP contribution in [-0.4, -0.2) is 53.8 Å². The first kappa shape index (κ1) is 26.7. The summed E-state index contributed by atoms with van der Waals surface area (Å²) >= 11 is 0. The molecule has 4 aromatic carbocycles. The predicted molar refractivity (Wildman–Crippen MR) is 171 cm³/mol. The Hall–Kier alpha value is -5.14. The van der Waals surface area contributed by atoms with Gasteiger partial charge in [-0.25, -0.2) is 19.4 Å². The van der Waals surface area contributed by atoms with Gasteiger partial charge in [0.1, 0.15) is 23.7 Å². The number of halogens is 1. The van der Waals surface area contributed by atoms with Gasteiger partial charge in [0.25, 0.3) is 0 Å². The molecule has 0 radical (unpaired) electrons. The number of aromatic nitrogens is 2. The minimum absolute atomic E-state index is 0.288. The molecule has 6 aromatic rings. The third-order valence-corrected chi connectivity index (χ3v) is 7.87. The molecule has 6 nitrogen and oxygen atoms in total. The zero-order valence-corrected chi connectivity index (χ0v) is 23.8. The van der Waals surface area contributed by atoms with Crippen molar-refractivity contribution in [3.8, 4) is 22.5 Å². The van der Waals surface area contributed by atoms with E-state index in [1.807, 2.05) is 60.7 Å². The average Bonchev–Trinajstić information content (AvgIpc) is 3.45. The maximum absolute atomic E-state index is 14.0. The van der Waals surface area contributed by atoms with Crippen LogP contribution in [0.15, 0.2) is 125 Å². The fourth-order valence-corrected chi connectivity index (χ4v) is 5.58. The normalized spacial score (nSPS) is 13.8. The van der Waals surface area contributed by atoms with E-state index in [1.54, 1.807) is 18.5 Å². The van der Waals surface area contributed by atoms with Gasteiger partial charge in [-0.2, -0.15) is 0 Å². The zero-order chi connectivity index (χ0) is 29.2. The number of piperazine rings is 1. The molecular formula is C36H30FN5O. The second kappa shape index (κ2) is 11.6. The van der Waals surface area contributed by atoms with Crippen molar-refractivity contribution in [2.24, 2.45) is 4.99 Å².